The van der Waals surface area contributed by atoms with Crippen molar-refractivity contribution in [3.8, 4) is 5.75 Å². The van der Waals surface area contributed by atoms with E-state index in [1.54, 1.807) is 7.11 Å². The zero-order valence-corrected chi connectivity index (χ0v) is 16.6. The number of methoxy groups -OCH3 is 1. The molecule has 0 unspecified atom stereocenters. The van der Waals surface area contributed by atoms with Crippen LogP contribution in [0.2, 0.25) is 0 Å². The van der Waals surface area contributed by atoms with E-state index in [1.165, 1.54) is 0 Å². The van der Waals surface area contributed by atoms with Crippen LogP contribution >= 0.6 is 0 Å². The molecule has 0 radical (unpaired) electrons. The molecule has 1 aliphatic rings. The second kappa shape index (κ2) is 8.82. The summed E-state index contributed by atoms with van der Waals surface area (Å²) in [5, 5.41) is 0. The fraction of sp³-hybridized carbons (Fsp3) is 0.304. The first kappa shape index (κ1) is 19.1. The van der Waals surface area contributed by atoms with Gasteiger partial charge in [-0.25, -0.2) is 4.98 Å². The van der Waals surface area contributed by atoms with Gasteiger partial charge in [0, 0.05) is 44.8 Å². The number of piperazine rings is 1. The normalized spacial score (nSPS) is 15.2. The molecule has 0 aliphatic carbocycles. The highest BCUT2D eigenvalue weighted by Gasteiger charge is 2.25. The van der Waals surface area contributed by atoms with Crippen LogP contribution in [0.5, 0.6) is 5.75 Å². The van der Waals surface area contributed by atoms with E-state index in [4.69, 9.17) is 4.74 Å². The van der Waals surface area contributed by atoms with E-state index in [0.717, 1.165) is 30.2 Å². The Balaban J connectivity index is 1.45. The molecule has 1 fully saturated rings. The van der Waals surface area contributed by atoms with Gasteiger partial charge in [0.05, 0.1) is 19.6 Å². The SMILES string of the molecule is COc1cccc([C@H](CC(=O)N2CCN(c3ccccn3)CC2)n2cccc2)c1. The van der Waals surface area contributed by atoms with Gasteiger partial charge in [-0.05, 0) is 42.0 Å². The predicted molar refractivity (Wildman–Crippen MR) is 113 cm³/mol. The Morgan fingerprint density at radius 3 is 2.52 bits per heavy atom. The summed E-state index contributed by atoms with van der Waals surface area (Å²) in [6, 6.07) is 17.8. The molecule has 0 spiro atoms. The highest BCUT2D eigenvalue weighted by molar-refractivity contribution is 5.77. The molecule has 29 heavy (non-hydrogen) atoms. The van der Waals surface area contributed by atoms with Crippen LogP contribution in [0.25, 0.3) is 0 Å². The van der Waals surface area contributed by atoms with Gasteiger partial charge in [-0.3, -0.25) is 4.79 Å². The number of aromatic nitrogens is 2. The number of benzene rings is 1. The van der Waals surface area contributed by atoms with Crippen LogP contribution in [0.1, 0.15) is 18.0 Å². The molecule has 1 saturated heterocycles. The molecule has 6 heteroatoms. The molecule has 150 valence electrons. The molecular weight excluding hydrogens is 364 g/mol. The summed E-state index contributed by atoms with van der Waals surface area (Å²) in [5.74, 6) is 1.95. The number of carbonyl (C=O) groups excluding carboxylic acids is 1. The van der Waals surface area contributed by atoms with Gasteiger partial charge in [0.15, 0.2) is 0 Å². The van der Waals surface area contributed by atoms with Crippen LogP contribution in [-0.2, 0) is 4.79 Å². The second-order valence-electron chi connectivity index (χ2n) is 7.18. The zero-order valence-electron chi connectivity index (χ0n) is 16.6. The van der Waals surface area contributed by atoms with E-state index >= 15 is 0 Å². The zero-order chi connectivity index (χ0) is 20.1. The maximum Gasteiger partial charge on any atom is 0.225 e. The number of carbonyl (C=O) groups is 1. The van der Waals surface area contributed by atoms with Crippen molar-refractivity contribution in [2.45, 2.75) is 12.5 Å². The van der Waals surface area contributed by atoms with Crippen molar-refractivity contribution in [3.63, 3.8) is 0 Å². The average molecular weight is 390 g/mol. The van der Waals surface area contributed by atoms with Crippen molar-refractivity contribution < 1.29 is 9.53 Å². The van der Waals surface area contributed by atoms with E-state index in [2.05, 4.69) is 20.5 Å². The van der Waals surface area contributed by atoms with Crippen molar-refractivity contribution in [2.24, 2.45) is 0 Å². The maximum atomic E-state index is 13.1. The minimum atomic E-state index is -0.0542. The highest BCUT2D eigenvalue weighted by Crippen LogP contribution is 2.27. The smallest absolute Gasteiger partial charge is 0.225 e. The summed E-state index contributed by atoms with van der Waals surface area (Å²) in [6.07, 6.45) is 6.25. The fourth-order valence-corrected chi connectivity index (χ4v) is 3.82. The molecule has 1 amide bonds. The lowest BCUT2D eigenvalue weighted by atomic mass is 10.0. The number of pyridine rings is 1. The molecule has 4 rings (SSSR count). The van der Waals surface area contributed by atoms with Crippen LogP contribution in [0.4, 0.5) is 5.82 Å². The first-order chi connectivity index (χ1) is 14.2. The molecule has 0 N–H and O–H groups in total. The van der Waals surface area contributed by atoms with Crippen molar-refractivity contribution in [2.75, 3.05) is 38.2 Å². The largest absolute Gasteiger partial charge is 0.497 e. The lowest BCUT2D eigenvalue weighted by molar-refractivity contribution is -0.132. The summed E-state index contributed by atoms with van der Waals surface area (Å²) in [4.78, 5) is 21.7. The van der Waals surface area contributed by atoms with Crippen LogP contribution in [0, 0.1) is 0 Å². The number of amides is 1. The van der Waals surface area contributed by atoms with Gasteiger partial charge >= 0.3 is 0 Å². The minimum Gasteiger partial charge on any atom is -0.497 e. The quantitative estimate of drug-likeness (QED) is 0.649. The van der Waals surface area contributed by atoms with Crippen molar-refractivity contribution in [3.05, 3.63) is 78.8 Å². The first-order valence-corrected chi connectivity index (χ1v) is 9.95. The van der Waals surface area contributed by atoms with Crippen LogP contribution in [0.3, 0.4) is 0 Å². The van der Waals surface area contributed by atoms with E-state index in [-0.39, 0.29) is 11.9 Å². The van der Waals surface area contributed by atoms with Crippen molar-refractivity contribution in [1.82, 2.24) is 14.5 Å². The van der Waals surface area contributed by atoms with Gasteiger partial charge in [-0.2, -0.15) is 0 Å². The number of hydrogen-bond donors (Lipinski definition) is 0. The van der Waals surface area contributed by atoms with Gasteiger partial charge in [0.2, 0.25) is 5.91 Å². The summed E-state index contributed by atoms with van der Waals surface area (Å²) < 4.78 is 7.48. The highest BCUT2D eigenvalue weighted by atomic mass is 16.5. The number of rotatable bonds is 6. The Kier molecular flexibility index (Phi) is 5.79. The standard InChI is InChI=1S/C23H26N4O2/c1-29-20-8-6-7-19(17-20)21(25-11-4-5-12-25)18-23(28)27-15-13-26(14-16-27)22-9-2-3-10-24-22/h2-12,17,21H,13-16,18H2,1H3/t21-/m0/s1. The molecule has 1 aliphatic heterocycles. The maximum absolute atomic E-state index is 13.1. The van der Waals surface area contributed by atoms with Crippen molar-refractivity contribution >= 4 is 11.7 Å². The summed E-state index contributed by atoms with van der Waals surface area (Å²) in [6.45, 7) is 3.03. The Morgan fingerprint density at radius 2 is 1.83 bits per heavy atom. The third-order valence-corrected chi connectivity index (χ3v) is 5.44. The average Bonchev–Trinajstić information content (AvgIpc) is 3.32. The Hall–Kier alpha value is -3.28. The van der Waals surface area contributed by atoms with Gasteiger partial charge in [0.25, 0.3) is 0 Å². The topological polar surface area (TPSA) is 50.6 Å². The van der Waals surface area contributed by atoms with Gasteiger partial charge in [-0.1, -0.05) is 18.2 Å². The van der Waals surface area contributed by atoms with Crippen LogP contribution in [0.15, 0.2) is 73.2 Å². The summed E-state index contributed by atoms with van der Waals surface area (Å²) in [7, 11) is 1.66. The molecule has 0 bridgehead atoms. The molecule has 3 heterocycles. The summed E-state index contributed by atoms with van der Waals surface area (Å²) >= 11 is 0. The van der Waals surface area contributed by atoms with E-state index in [1.807, 2.05) is 72.0 Å². The van der Waals surface area contributed by atoms with E-state index in [0.29, 0.717) is 19.5 Å². The first-order valence-electron chi connectivity index (χ1n) is 9.95. The molecule has 6 nitrogen and oxygen atoms in total. The van der Waals surface area contributed by atoms with E-state index in [9.17, 15) is 4.79 Å². The Morgan fingerprint density at radius 1 is 1.03 bits per heavy atom. The Labute approximate surface area is 171 Å². The molecule has 3 aromatic rings. The van der Waals surface area contributed by atoms with Crippen LogP contribution < -0.4 is 9.64 Å². The molecular formula is C23H26N4O2. The number of hydrogen-bond acceptors (Lipinski definition) is 4. The molecule has 1 aromatic carbocycles. The number of anilines is 1. The monoisotopic (exact) mass is 390 g/mol. The lowest BCUT2D eigenvalue weighted by Crippen LogP contribution is -2.49. The van der Waals surface area contributed by atoms with E-state index < -0.39 is 0 Å². The van der Waals surface area contributed by atoms with Gasteiger partial charge < -0.3 is 19.1 Å². The van der Waals surface area contributed by atoms with Gasteiger partial charge in [0.1, 0.15) is 11.6 Å². The van der Waals surface area contributed by atoms with Gasteiger partial charge in [-0.15, -0.1) is 0 Å². The number of ether oxygens (including phenoxy) is 1. The fourth-order valence-electron chi connectivity index (χ4n) is 3.82. The molecule has 2 aromatic heterocycles. The third kappa shape index (κ3) is 4.42. The number of nitrogens with zero attached hydrogens (tertiary/aromatic N) is 4. The lowest BCUT2D eigenvalue weighted by Gasteiger charge is -2.36. The third-order valence-electron chi connectivity index (χ3n) is 5.44. The van der Waals surface area contributed by atoms with Crippen molar-refractivity contribution in [1.29, 1.82) is 0 Å². The second-order valence-corrected chi connectivity index (χ2v) is 7.18. The molecule has 1 atom stereocenters. The summed E-state index contributed by atoms with van der Waals surface area (Å²) in [5.41, 5.74) is 1.07. The molecule has 0 saturated carbocycles. The van der Waals surface area contributed by atoms with Crippen LogP contribution in [-0.4, -0.2) is 53.6 Å². The predicted octanol–water partition coefficient (Wildman–Crippen LogP) is 3.22. The Bertz CT molecular complexity index is 919. The minimum absolute atomic E-state index is 0.0542.